The predicted octanol–water partition coefficient (Wildman–Crippen LogP) is 5.70. The van der Waals surface area contributed by atoms with Crippen molar-refractivity contribution in [1.29, 1.82) is 0 Å². The Morgan fingerprint density at radius 2 is 0.984 bits per heavy atom. The van der Waals surface area contributed by atoms with Crippen LogP contribution < -0.4 is 0 Å². The maximum absolute atomic E-state index is 13.0. The minimum absolute atomic E-state index is 0.140. The van der Waals surface area contributed by atoms with Gasteiger partial charge in [0.2, 0.25) is 0 Å². The summed E-state index contributed by atoms with van der Waals surface area (Å²) in [5.74, 6) is -0.968. The lowest BCUT2D eigenvalue weighted by Crippen LogP contribution is -2.61. The van der Waals surface area contributed by atoms with E-state index in [1.807, 2.05) is 0 Å². The second-order valence-corrected chi connectivity index (χ2v) is 16.5. The minimum atomic E-state index is -1.77. The molecule has 0 spiro atoms. The molecule has 2 rings (SSSR count). The second-order valence-electron chi connectivity index (χ2n) is 16.5. The number of ether oxygens (including phenoxy) is 6. The van der Waals surface area contributed by atoms with Gasteiger partial charge in [-0.3, -0.25) is 9.59 Å². The smallest absolute Gasteiger partial charge is 0.306 e. The number of allylic oxidation sites excluding steroid dienone is 10. The minimum Gasteiger partial charge on any atom is -0.462 e. The van der Waals surface area contributed by atoms with Crippen LogP contribution in [0.25, 0.3) is 0 Å². The van der Waals surface area contributed by atoms with Crippen molar-refractivity contribution in [3.63, 3.8) is 0 Å². The number of aliphatic hydroxyl groups is 7. The Hall–Kier alpha value is -2.80. The molecule has 0 aliphatic carbocycles. The summed E-state index contributed by atoms with van der Waals surface area (Å²) in [6.07, 6.45) is 22.6. The standard InChI is InChI=1S/C49H82O15/c1-3-5-7-9-11-13-15-17-18-20-22-24-26-28-30-32-41(52)62-37(34-59-40(51)31-29-27-25-23-21-19-16-14-12-10-8-6-4-2)35-60-48-47(58)45(56)43(54)39(64-48)36-61-49-46(57)44(55)42(53)38(33-50)63-49/h5,7-8,10-11,13-14,16-18,37-39,42-50,53-58H,3-4,6,9,12,15,19-36H2,1-2H3/b7-5-,10-8-,13-11-,16-14-,18-17-. The first-order valence-electron chi connectivity index (χ1n) is 23.9. The number of carbonyl (C=O) groups is 2. The van der Waals surface area contributed by atoms with Crippen molar-refractivity contribution in [2.45, 2.75) is 210 Å². The predicted molar refractivity (Wildman–Crippen MR) is 243 cm³/mol. The van der Waals surface area contributed by atoms with Crippen molar-refractivity contribution >= 4 is 11.9 Å². The number of hydrogen-bond acceptors (Lipinski definition) is 15. The molecule has 368 valence electrons. The molecule has 15 heteroatoms. The fraction of sp³-hybridized carbons (Fsp3) is 0.755. The summed E-state index contributed by atoms with van der Waals surface area (Å²) >= 11 is 0. The van der Waals surface area contributed by atoms with E-state index in [4.69, 9.17) is 28.4 Å². The summed E-state index contributed by atoms with van der Waals surface area (Å²) < 4.78 is 33.5. The molecule has 15 nitrogen and oxygen atoms in total. The zero-order chi connectivity index (χ0) is 46.8. The molecule has 0 saturated carbocycles. The second kappa shape index (κ2) is 36.3. The molecule has 2 heterocycles. The van der Waals surface area contributed by atoms with Crippen molar-refractivity contribution in [2.24, 2.45) is 0 Å². The van der Waals surface area contributed by atoms with Gasteiger partial charge in [0.1, 0.15) is 55.4 Å². The van der Waals surface area contributed by atoms with Gasteiger partial charge in [0.25, 0.3) is 0 Å². The van der Waals surface area contributed by atoms with Crippen LogP contribution in [0.4, 0.5) is 0 Å². The zero-order valence-corrected chi connectivity index (χ0v) is 38.5. The van der Waals surface area contributed by atoms with E-state index in [-0.39, 0.29) is 19.4 Å². The molecule has 0 aromatic heterocycles. The average molecular weight is 911 g/mol. The van der Waals surface area contributed by atoms with Gasteiger partial charge in [0.05, 0.1) is 19.8 Å². The number of unbranched alkanes of at least 4 members (excludes halogenated alkanes) is 11. The number of rotatable bonds is 35. The number of aliphatic hydroxyl groups excluding tert-OH is 7. The van der Waals surface area contributed by atoms with Crippen LogP contribution in [0.3, 0.4) is 0 Å². The van der Waals surface area contributed by atoms with E-state index in [1.165, 1.54) is 0 Å². The maximum Gasteiger partial charge on any atom is 0.306 e. The fourth-order valence-corrected chi connectivity index (χ4v) is 7.03. The average Bonchev–Trinajstić information content (AvgIpc) is 3.29. The van der Waals surface area contributed by atoms with E-state index in [0.717, 1.165) is 103 Å². The zero-order valence-electron chi connectivity index (χ0n) is 38.5. The van der Waals surface area contributed by atoms with Gasteiger partial charge in [-0.2, -0.15) is 0 Å². The molecule has 64 heavy (non-hydrogen) atoms. The van der Waals surface area contributed by atoms with Crippen LogP contribution in [-0.4, -0.2) is 142 Å². The summed E-state index contributed by atoms with van der Waals surface area (Å²) in [5, 5.41) is 71.9. The van der Waals surface area contributed by atoms with E-state index in [1.54, 1.807) is 0 Å². The lowest BCUT2D eigenvalue weighted by molar-refractivity contribution is -0.332. The van der Waals surface area contributed by atoms with Crippen molar-refractivity contribution in [1.82, 2.24) is 0 Å². The molecule has 0 bridgehead atoms. The molecule has 0 amide bonds. The highest BCUT2D eigenvalue weighted by molar-refractivity contribution is 5.70. The topological polar surface area (TPSA) is 231 Å². The van der Waals surface area contributed by atoms with Gasteiger partial charge in [-0.25, -0.2) is 0 Å². The van der Waals surface area contributed by atoms with E-state index in [2.05, 4.69) is 74.6 Å². The monoisotopic (exact) mass is 911 g/mol. The Morgan fingerprint density at radius 1 is 0.516 bits per heavy atom. The highest BCUT2D eigenvalue weighted by atomic mass is 16.7. The van der Waals surface area contributed by atoms with Crippen LogP contribution in [0.5, 0.6) is 0 Å². The summed E-state index contributed by atoms with van der Waals surface area (Å²) in [4.78, 5) is 25.7. The summed E-state index contributed by atoms with van der Waals surface area (Å²) in [6, 6.07) is 0. The molecule has 11 atom stereocenters. The summed E-state index contributed by atoms with van der Waals surface area (Å²) in [7, 11) is 0. The Kier molecular flexibility index (Phi) is 32.5. The fourth-order valence-electron chi connectivity index (χ4n) is 7.03. The molecular formula is C49H82O15. The van der Waals surface area contributed by atoms with Crippen molar-refractivity contribution < 1.29 is 73.8 Å². The first-order valence-corrected chi connectivity index (χ1v) is 23.9. The van der Waals surface area contributed by atoms with E-state index in [0.29, 0.717) is 12.8 Å². The Balaban J connectivity index is 1.86. The van der Waals surface area contributed by atoms with E-state index in [9.17, 15) is 45.3 Å². The van der Waals surface area contributed by atoms with Crippen molar-refractivity contribution in [2.75, 3.05) is 26.4 Å². The largest absolute Gasteiger partial charge is 0.462 e. The third-order valence-electron chi connectivity index (χ3n) is 11.0. The van der Waals surface area contributed by atoms with E-state index >= 15 is 0 Å². The van der Waals surface area contributed by atoms with Crippen molar-refractivity contribution in [3.05, 3.63) is 60.8 Å². The van der Waals surface area contributed by atoms with Crippen molar-refractivity contribution in [3.8, 4) is 0 Å². The van der Waals surface area contributed by atoms with Gasteiger partial charge >= 0.3 is 11.9 Å². The SMILES string of the molecule is CC/C=C\C/C=C\C/C=C\CCCCCCCC(=O)OC(COC(=O)CCCCCCC/C=C\C/C=C\CCC)COC1OC(COC2OC(CO)C(O)C(O)C2O)C(O)C(O)C1O. The Labute approximate surface area is 381 Å². The Bertz CT molecular complexity index is 1350. The molecular weight excluding hydrogens is 829 g/mol. The van der Waals surface area contributed by atoms with Crippen LogP contribution in [0.2, 0.25) is 0 Å². The molecule has 0 aromatic carbocycles. The van der Waals surface area contributed by atoms with Crippen LogP contribution >= 0.6 is 0 Å². The first kappa shape index (κ1) is 57.3. The molecule has 7 N–H and O–H groups in total. The molecule has 0 aromatic rings. The number of hydrogen-bond donors (Lipinski definition) is 7. The van der Waals surface area contributed by atoms with Gasteiger partial charge in [0, 0.05) is 12.8 Å². The number of carbonyl (C=O) groups excluding carboxylic acids is 2. The lowest BCUT2D eigenvalue weighted by atomic mass is 9.98. The van der Waals surface area contributed by atoms with Crippen LogP contribution in [0.15, 0.2) is 60.8 Å². The molecule has 2 aliphatic rings. The van der Waals surface area contributed by atoms with Gasteiger partial charge in [-0.1, -0.05) is 120 Å². The molecule has 2 saturated heterocycles. The quantitative estimate of drug-likeness (QED) is 0.0230. The summed E-state index contributed by atoms with van der Waals surface area (Å²) in [5.41, 5.74) is 0. The van der Waals surface area contributed by atoms with Crippen LogP contribution in [-0.2, 0) is 38.0 Å². The third-order valence-corrected chi connectivity index (χ3v) is 11.0. The first-order chi connectivity index (χ1) is 31.0. The van der Waals surface area contributed by atoms with E-state index < -0.39 is 99.3 Å². The molecule has 2 fully saturated rings. The summed E-state index contributed by atoms with van der Waals surface area (Å²) in [6.45, 7) is 2.35. The van der Waals surface area contributed by atoms with Crippen LogP contribution in [0, 0.1) is 0 Å². The lowest BCUT2D eigenvalue weighted by Gasteiger charge is -2.42. The highest BCUT2D eigenvalue weighted by Gasteiger charge is 2.47. The van der Waals surface area contributed by atoms with Gasteiger partial charge in [0.15, 0.2) is 18.7 Å². The Morgan fingerprint density at radius 3 is 1.55 bits per heavy atom. The van der Waals surface area contributed by atoms with Gasteiger partial charge < -0.3 is 64.2 Å². The maximum atomic E-state index is 13.0. The molecule has 2 aliphatic heterocycles. The highest BCUT2D eigenvalue weighted by Crippen LogP contribution is 2.26. The normalized spacial score (nSPS) is 27.1. The molecule has 11 unspecified atom stereocenters. The van der Waals surface area contributed by atoms with Crippen LogP contribution in [0.1, 0.15) is 142 Å². The molecule has 0 radical (unpaired) electrons. The van der Waals surface area contributed by atoms with Gasteiger partial charge in [-0.15, -0.1) is 0 Å². The third kappa shape index (κ3) is 24.6. The van der Waals surface area contributed by atoms with Gasteiger partial charge in [-0.05, 0) is 70.6 Å². The number of esters is 2.